The van der Waals surface area contributed by atoms with E-state index in [0.29, 0.717) is 46.9 Å². The molecule has 2 unspecified atom stereocenters. The Morgan fingerprint density at radius 2 is 1.88 bits per heavy atom. The SMILES string of the molecule is Cc1ncc(NC(=O)CN2CC3CCC(C2)C3CCO)cc1NC(=O)c1nnn2cc(-c3cnn(C)c3)ccc12. The van der Waals surface area contributed by atoms with E-state index < -0.39 is 5.91 Å². The number of carbonyl (C=O) groups is 2. The van der Waals surface area contributed by atoms with Gasteiger partial charge in [-0.3, -0.25) is 24.2 Å². The highest BCUT2D eigenvalue weighted by Crippen LogP contribution is 2.43. The molecule has 12 nitrogen and oxygen atoms in total. The molecule has 0 aromatic carbocycles. The van der Waals surface area contributed by atoms with Gasteiger partial charge in [0.25, 0.3) is 5.91 Å². The van der Waals surface area contributed by atoms with Crippen LogP contribution in [0.4, 0.5) is 11.4 Å². The lowest BCUT2D eigenvalue weighted by molar-refractivity contribution is -0.118. The molecule has 12 heteroatoms. The first kappa shape index (κ1) is 26.1. The van der Waals surface area contributed by atoms with Crippen LogP contribution in [0.5, 0.6) is 0 Å². The molecule has 0 radical (unpaired) electrons. The molecule has 3 N–H and O–H groups in total. The first-order valence-corrected chi connectivity index (χ1v) is 13.6. The summed E-state index contributed by atoms with van der Waals surface area (Å²) >= 11 is 0. The number of carbonyl (C=O) groups excluding carboxylic acids is 2. The van der Waals surface area contributed by atoms with Crippen molar-refractivity contribution < 1.29 is 14.7 Å². The molecule has 5 heterocycles. The molecule has 4 aromatic heterocycles. The fourth-order valence-corrected chi connectivity index (χ4v) is 6.29. The second kappa shape index (κ2) is 10.8. The number of nitrogens with one attached hydrogen (secondary N) is 2. The lowest BCUT2D eigenvalue weighted by Gasteiger charge is -2.37. The van der Waals surface area contributed by atoms with Gasteiger partial charge in [0, 0.05) is 50.3 Å². The molecule has 2 amide bonds. The van der Waals surface area contributed by atoms with Gasteiger partial charge in [-0.05, 0) is 56.1 Å². The Labute approximate surface area is 231 Å². The summed E-state index contributed by atoms with van der Waals surface area (Å²) in [5.41, 5.74) is 4.21. The summed E-state index contributed by atoms with van der Waals surface area (Å²) in [5.74, 6) is 1.15. The van der Waals surface area contributed by atoms with Crippen LogP contribution in [0.3, 0.4) is 0 Å². The van der Waals surface area contributed by atoms with Crippen LogP contribution in [0, 0.1) is 24.7 Å². The molecule has 2 aliphatic rings. The van der Waals surface area contributed by atoms with Crippen molar-refractivity contribution in [3.05, 3.63) is 54.4 Å². The number of aliphatic hydroxyl groups is 1. The molecular formula is C28H33N9O3. The van der Waals surface area contributed by atoms with E-state index in [1.807, 2.05) is 19.3 Å². The van der Waals surface area contributed by atoms with Gasteiger partial charge in [0.2, 0.25) is 5.91 Å². The van der Waals surface area contributed by atoms with Gasteiger partial charge in [-0.1, -0.05) is 11.3 Å². The number of nitrogens with zero attached hydrogens (tertiary/aromatic N) is 7. The molecule has 1 aliphatic carbocycles. The molecule has 1 saturated carbocycles. The second-order valence-electron chi connectivity index (χ2n) is 10.9. The van der Waals surface area contributed by atoms with E-state index in [-0.39, 0.29) is 18.2 Å². The van der Waals surface area contributed by atoms with E-state index in [0.717, 1.165) is 30.6 Å². The Balaban J connectivity index is 1.11. The van der Waals surface area contributed by atoms with E-state index in [9.17, 15) is 14.7 Å². The number of anilines is 2. The number of aromatic nitrogens is 6. The smallest absolute Gasteiger partial charge is 0.278 e. The van der Waals surface area contributed by atoms with Crippen molar-refractivity contribution in [1.29, 1.82) is 0 Å². The highest BCUT2D eigenvalue weighted by Gasteiger charge is 2.41. The maximum atomic E-state index is 13.2. The van der Waals surface area contributed by atoms with E-state index in [2.05, 4.69) is 35.9 Å². The van der Waals surface area contributed by atoms with Gasteiger partial charge in [-0.15, -0.1) is 5.10 Å². The Kier molecular flexibility index (Phi) is 7.03. The number of piperidine rings is 1. The molecule has 40 heavy (non-hydrogen) atoms. The molecule has 0 spiro atoms. The normalized spacial score (nSPS) is 20.6. The van der Waals surface area contributed by atoms with Crippen LogP contribution >= 0.6 is 0 Å². The van der Waals surface area contributed by atoms with Gasteiger partial charge < -0.3 is 15.7 Å². The molecule has 2 fully saturated rings. The minimum Gasteiger partial charge on any atom is -0.396 e. The molecule has 2 bridgehead atoms. The maximum Gasteiger partial charge on any atom is 0.278 e. The second-order valence-corrected chi connectivity index (χ2v) is 10.9. The predicted octanol–water partition coefficient (Wildman–Crippen LogP) is 2.36. The monoisotopic (exact) mass is 543 g/mol. The minimum atomic E-state index is -0.418. The highest BCUT2D eigenvalue weighted by molar-refractivity contribution is 6.08. The number of hydrogen-bond donors (Lipinski definition) is 3. The maximum absolute atomic E-state index is 13.2. The van der Waals surface area contributed by atoms with Gasteiger partial charge in [-0.25, -0.2) is 4.52 Å². The number of aliphatic hydroxyl groups excluding tert-OH is 1. The summed E-state index contributed by atoms with van der Waals surface area (Å²) in [6.45, 7) is 4.11. The number of hydrogen-bond acceptors (Lipinski definition) is 8. The number of amides is 2. The Morgan fingerprint density at radius 3 is 2.60 bits per heavy atom. The molecule has 2 atom stereocenters. The van der Waals surface area contributed by atoms with E-state index >= 15 is 0 Å². The third-order valence-electron chi connectivity index (χ3n) is 8.22. The minimum absolute atomic E-state index is 0.114. The standard InChI is InChI=1S/C28H33N9O3/c1-17-24(32-28(40)27-25-6-5-18(15-37(25)34-33-27)21-10-30-35(2)12-21)9-22(11-29-17)31-26(39)16-36-13-19-3-4-20(14-36)23(19)7-8-38/h5-6,9-12,15,19-20,23,38H,3-4,7-8,13-14,16H2,1-2H3,(H,31,39)(H,32,40). The third-order valence-corrected chi connectivity index (χ3v) is 8.22. The topological polar surface area (TPSA) is 143 Å². The Morgan fingerprint density at radius 1 is 1.07 bits per heavy atom. The fraction of sp³-hybridized carbons (Fsp3) is 0.429. The van der Waals surface area contributed by atoms with Crippen molar-refractivity contribution in [2.75, 3.05) is 36.9 Å². The van der Waals surface area contributed by atoms with Crippen molar-refractivity contribution in [3.8, 4) is 11.1 Å². The van der Waals surface area contributed by atoms with Gasteiger partial charge >= 0.3 is 0 Å². The van der Waals surface area contributed by atoms with Crippen LogP contribution in [0.1, 0.15) is 35.4 Å². The fourth-order valence-electron chi connectivity index (χ4n) is 6.29. The van der Waals surface area contributed by atoms with E-state index in [1.165, 1.54) is 12.8 Å². The highest BCUT2D eigenvalue weighted by atomic mass is 16.3. The van der Waals surface area contributed by atoms with Crippen LogP contribution in [-0.4, -0.2) is 77.7 Å². The summed E-state index contributed by atoms with van der Waals surface area (Å²) in [5, 5.41) is 27.6. The molecule has 1 saturated heterocycles. The molecule has 6 rings (SSSR count). The Bertz CT molecular complexity index is 1550. The first-order chi connectivity index (χ1) is 19.4. The summed E-state index contributed by atoms with van der Waals surface area (Å²) in [4.78, 5) is 32.6. The average molecular weight is 544 g/mol. The number of fused-ring (bicyclic) bond motifs is 3. The number of aryl methyl sites for hydroxylation is 2. The van der Waals surface area contributed by atoms with Crippen molar-refractivity contribution in [2.45, 2.75) is 26.2 Å². The number of rotatable bonds is 8. The summed E-state index contributed by atoms with van der Waals surface area (Å²) in [6, 6.07) is 5.41. The van der Waals surface area contributed by atoms with Gasteiger partial charge in [0.15, 0.2) is 5.69 Å². The van der Waals surface area contributed by atoms with Crippen LogP contribution in [-0.2, 0) is 11.8 Å². The first-order valence-electron chi connectivity index (χ1n) is 13.6. The van der Waals surface area contributed by atoms with Gasteiger partial charge in [0.1, 0.15) is 0 Å². The molecular weight excluding hydrogens is 510 g/mol. The van der Waals surface area contributed by atoms with Crippen molar-refractivity contribution in [1.82, 2.24) is 34.5 Å². The van der Waals surface area contributed by atoms with Gasteiger partial charge in [-0.2, -0.15) is 5.10 Å². The summed E-state index contributed by atoms with van der Waals surface area (Å²) < 4.78 is 3.29. The largest absolute Gasteiger partial charge is 0.396 e. The van der Waals surface area contributed by atoms with Crippen LogP contribution < -0.4 is 10.6 Å². The quantitative estimate of drug-likeness (QED) is 0.307. The van der Waals surface area contributed by atoms with Crippen LogP contribution in [0.25, 0.3) is 16.6 Å². The van der Waals surface area contributed by atoms with Crippen LogP contribution in [0.15, 0.2) is 43.0 Å². The zero-order valence-electron chi connectivity index (χ0n) is 22.6. The van der Waals surface area contributed by atoms with E-state index in [1.54, 1.807) is 46.8 Å². The predicted molar refractivity (Wildman–Crippen MR) is 149 cm³/mol. The lowest BCUT2D eigenvalue weighted by Crippen LogP contribution is -2.45. The number of pyridine rings is 2. The molecule has 208 valence electrons. The number of likely N-dealkylation sites (tertiary alicyclic amines) is 1. The summed E-state index contributed by atoms with van der Waals surface area (Å²) in [7, 11) is 1.85. The van der Waals surface area contributed by atoms with Crippen molar-refractivity contribution in [2.24, 2.45) is 24.8 Å². The molecule has 1 aliphatic heterocycles. The van der Waals surface area contributed by atoms with E-state index in [4.69, 9.17) is 0 Å². The Hall–Kier alpha value is -4.16. The van der Waals surface area contributed by atoms with Crippen molar-refractivity contribution in [3.63, 3.8) is 0 Å². The third kappa shape index (κ3) is 5.19. The zero-order valence-corrected chi connectivity index (χ0v) is 22.6. The van der Waals surface area contributed by atoms with Gasteiger partial charge in [0.05, 0.1) is 41.5 Å². The molecule has 4 aromatic rings. The lowest BCUT2D eigenvalue weighted by atomic mass is 9.83. The van der Waals surface area contributed by atoms with Crippen molar-refractivity contribution >= 4 is 28.7 Å². The summed E-state index contributed by atoms with van der Waals surface area (Å²) in [6.07, 6.45) is 10.3. The average Bonchev–Trinajstić information content (AvgIpc) is 3.61. The zero-order chi connectivity index (χ0) is 27.8. The van der Waals surface area contributed by atoms with Crippen LogP contribution in [0.2, 0.25) is 0 Å².